The van der Waals surface area contributed by atoms with Crippen LogP contribution in [0.2, 0.25) is 0 Å². The Morgan fingerprint density at radius 2 is 2.27 bits per heavy atom. The van der Waals surface area contributed by atoms with Gasteiger partial charge in [0.25, 0.3) is 0 Å². The molecule has 4 heteroatoms. The lowest BCUT2D eigenvalue weighted by molar-refractivity contribution is 0.112. The van der Waals surface area contributed by atoms with Crippen molar-refractivity contribution in [2.45, 2.75) is 0 Å². The molecule has 0 bridgehead atoms. The zero-order chi connectivity index (χ0) is 10.7. The number of rotatable bonds is 3. The van der Waals surface area contributed by atoms with Gasteiger partial charge in [0.2, 0.25) is 0 Å². The van der Waals surface area contributed by atoms with Gasteiger partial charge in [-0.25, -0.2) is 4.37 Å². The number of hydrogen-bond acceptors (Lipinski definition) is 4. The van der Waals surface area contributed by atoms with E-state index in [0.717, 1.165) is 22.5 Å². The number of aldehydes is 1. The van der Waals surface area contributed by atoms with Crippen molar-refractivity contribution in [2.75, 3.05) is 7.11 Å². The number of hydrogen-bond donors (Lipinski definition) is 0. The summed E-state index contributed by atoms with van der Waals surface area (Å²) in [6, 6.07) is 7.25. The molecule has 15 heavy (non-hydrogen) atoms. The average Bonchev–Trinajstić information content (AvgIpc) is 2.81. The van der Waals surface area contributed by atoms with E-state index in [4.69, 9.17) is 4.74 Å². The largest absolute Gasteiger partial charge is 0.497 e. The first-order valence-electron chi connectivity index (χ1n) is 4.39. The van der Waals surface area contributed by atoms with Crippen LogP contribution in [0.4, 0.5) is 0 Å². The van der Waals surface area contributed by atoms with Gasteiger partial charge in [-0.15, -0.1) is 0 Å². The van der Waals surface area contributed by atoms with Gasteiger partial charge in [-0.3, -0.25) is 4.79 Å². The molecule has 0 N–H and O–H groups in total. The van der Waals surface area contributed by atoms with Crippen molar-refractivity contribution in [3.63, 3.8) is 0 Å². The van der Waals surface area contributed by atoms with E-state index >= 15 is 0 Å². The molecule has 1 aromatic carbocycles. The number of benzene rings is 1. The van der Waals surface area contributed by atoms with E-state index in [1.54, 1.807) is 25.4 Å². The Bertz CT molecular complexity index is 465. The van der Waals surface area contributed by atoms with Crippen LogP contribution in [0.15, 0.2) is 30.5 Å². The molecule has 0 fully saturated rings. The fraction of sp³-hybridized carbons (Fsp3) is 0.0909. The Kier molecular flexibility index (Phi) is 2.78. The van der Waals surface area contributed by atoms with Crippen molar-refractivity contribution in [1.82, 2.24) is 4.37 Å². The Hall–Kier alpha value is -1.68. The van der Waals surface area contributed by atoms with Crippen LogP contribution in [0.5, 0.6) is 5.75 Å². The topological polar surface area (TPSA) is 39.2 Å². The van der Waals surface area contributed by atoms with Gasteiger partial charge in [-0.1, -0.05) is 0 Å². The summed E-state index contributed by atoms with van der Waals surface area (Å²) in [5.74, 6) is 0.740. The summed E-state index contributed by atoms with van der Waals surface area (Å²) >= 11 is 1.36. The van der Waals surface area contributed by atoms with Gasteiger partial charge in [-0.2, -0.15) is 0 Å². The molecule has 1 aromatic heterocycles. The maximum atomic E-state index is 10.9. The van der Waals surface area contributed by atoms with Gasteiger partial charge in [0.1, 0.15) is 5.75 Å². The molecule has 0 amide bonds. The Morgan fingerprint density at radius 3 is 2.87 bits per heavy atom. The van der Waals surface area contributed by atoms with Crippen LogP contribution in [0.3, 0.4) is 0 Å². The second kappa shape index (κ2) is 4.23. The number of carbonyl (C=O) groups excluding carboxylic acids is 1. The van der Waals surface area contributed by atoms with E-state index in [1.165, 1.54) is 11.5 Å². The summed E-state index contributed by atoms with van der Waals surface area (Å²) in [5, 5.41) is 0. The van der Waals surface area contributed by atoms with Gasteiger partial charge in [-0.05, 0) is 35.8 Å². The normalized spacial score (nSPS) is 9.93. The summed E-state index contributed by atoms with van der Waals surface area (Å²) < 4.78 is 9.14. The maximum absolute atomic E-state index is 10.9. The highest BCUT2D eigenvalue weighted by Crippen LogP contribution is 2.29. The number of ether oxygens (including phenoxy) is 1. The molecule has 0 spiro atoms. The SMILES string of the molecule is COc1ccc(C=O)c(-c2ccns2)c1. The van der Waals surface area contributed by atoms with Gasteiger partial charge in [0, 0.05) is 17.3 Å². The summed E-state index contributed by atoms with van der Waals surface area (Å²) in [6.07, 6.45) is 2.56. The Labute approximate surface area is 91.5 Å². The van der Waals surface area contributed by atoms with Crippen molar-refractivity contribution in [3.8, 4) is 16.2 Å². The lowest BCUT2D eigenvalue weighted by Gasteiger charge is -2.04. The van der Waals surface area contributed by atoms with Crippen molar-refractivity contribution in [2.24, 2.45) is 0 Å². The Morgan fingerprint density at radius 1 is 1.40 bits per heavy atom. The van der Waals surface area contributed by atoms with Crippen molar-refractivity contribution in [1.29, 1.82) is 0 Å². The lowest BCUT2D eigenvalue weighted by atomic mass is 10.1. The number of carbonyl (C=O) groups is 1. The minimum atomic E-state index is 0.653. The molecular weight excluding hydrogens is 210 g/mol. The smallest absolute Gasteiger partial charge is 0.150 e. The molecule has 0 saturated heterocycles. The Balaban J connectivity index is 2.56. The molecule has 0 atom stereocenters. The highest BCUT2D eigenvalue weighted by Gasteiger charge is 2.07. The molecule has 0 saturated carbocycles. The van der Waals surface area contributed by atoms with Crippen LogP contribution >= 0.6 is 11.5 Å². The number of aromatic nitrogens is 1. The van der Waals surface area contributed by atoms with Gasteiger partial charge < -0.3 is 4.74 Å². The summed E-state index contributed by atoms with van der Waals surface area (Å²) in [4.78, 5) is 11.8. The fourth-order valence-corrected chi connectivity index (χ4v) is 1.97. The van der Waals surface area contributed by atoms with E-state index < -0.39 is 0 Å². The molecule has 0 unspecified atom stereocenters. The zero-order valence-corrected chi connectivity index (χ0v) is 8.95. The second-order valence-electron chi connectivity index (χ2n) is 2.95. The fourth-order valence-electron chi connectivity index (χ4n) is 1.33. The van der Waals surface area contributed by atoms with Gasteiger partial charge >= 0.3 is 0 Å². The predicted octanol–water partition coefficient (Wildman–Crippen LogP) is 2.63. The van der Waals surface area contributed by atoms with E-state index in [0.29, 0.717) is 5.56 Å². The minimum Gasteiger partial charge on any atom is -0.497 e. The van der Waals surface area contributed by atoms with E-state index in [2.05, 4.69) is 4.37 Å². The van der Waals surface area contributed by atoms with Crippen LogP contribution in [-0.2, 0) is 0 Å². The highest BCUT2D eigenvalue weighted by atomic mass is 32.1. The molecule has 0 aliphatic heterocycles. The first-order valence-corrected chi connectivity index (χ1v) is 5.17. The van der Waals surface area contributed by atoms with Crippen LogP contribution in [0.25, 0.3) is 10.4 Å². The average molecular weight is 219 g/mol. The van der Waals surface area contributed by atoms with Crippen molar-refractivity contribution < 1.29 is 9.53 Å². The summed E-state index contributed by atoms with van der Waals surface area (Å²) in [5.41, 5.74) is 1.52. The van der Waals surface area contributed by atoms with Gasteiger partial charge in [0.15, 0.2) is 6.29 Å². The van der Waals surface area contributed by atoms with Crippen molar-refractivity contribution in [3.05, 3.63) is 36.0 Å². The zero-order valence-electron chi connectivity index (χ0n) is 8.14. The molecule has 2 rings (SSSR count). The third-order valence-corrected chi connectivity index (χ3v) is 2.87. The molecule has 2 aromatic rings. The molecule has 3 nitrogen and oxygen atoms in total. The molecular formula is C11H9NO2S. The molecule has 1 heterocycles. The van der Waals surface area contributed by atoms with E-state index in [1.807, 2.05) is 12.1 Å². The first-order chi connectivity index (χ1) is 7.35. The number of nitrogens with zero attached hydrogens (tertiary/aromatic N) is 1. The second-order valence-corrected chi connectivity index (χ2v) is 3.78. The number of methoxy groups -OCH3 is 1. The van der Waals surface area contributed by atoms with Crippen molar-refractivity contribution >= 4 is 17.8 Å². The van der Waals surface area contributed by atoms with E-state index in [9.17, 15) is 4.79 Å². The third kappa shape index (κ3) is 1.89. The van der Waals surface area contributed by atoms with Crippen LogP contribution in [-0.4, -0.2) is 17.8 Å². The standard InChI is InChI=1S/C11H9NO2S/c1-14-9-3-2-8(7-13)10(6-9)11-4-5-12-15-11/h2-7H,1H3. The molecule has 0 aliphatic carbocycles. The summed E-state index contributed by atoms with van der Waals surface area (Å²) in [6.45, 7) is 0. The van der Waals surface area contributed by atoms with E-state index in [-0.39, 0.29) is 0 Å². The first kappa shape index (κ1) is 9.86. The maximum Gasteiger partial charge on any atom is 0.150 e. The molecule has 76 valence electrons. The molecule has 0 aliphatic rings. The predicted molar refractivity (Wildman–Crippen MR) is 59.5 cm³/mol. The highest BCUT2D eigenvalue weighted by molar-refractivity contribution is 7.09. The quantitative estimate of drug-likeness (QED) is 0.745. The van der Waals surface area contributed by atoms with Gasteiger partial charge in [0.05, 0.1) is 12.0 Å². The summed E-state index contributed by atoms with van der Waals surface area (Å²) in [7, 11) is 1.60. The van der Waals surface area contributed by atoms with Crippen LogP contribution in [0.1, 0.15) is 10.4 Å². The minimum absolute atomic E-state index is 0.653. The molecule has 0 radical (unpaired) electrons. The van der Waals surface area contributed by atoms with Crippen LogP contribution < -0.4 is 4.74 Å². The lowest BCUT2D eigenvalue weighted by Crippen LogP contribution is -1.88. The third-order valence-electron chi connectivity index (χ3n) is 2.09. The monoisotopic (exact) mass is 219 g/mol. The van der Waals surface area contributed by atoms with Crippen LogP contribution in [0, 0.1) is 0 Å².